The van der Waals surface area contributed by atoms with Crippen molar-refractivity contribution in [1.82, 2.24) is 10.2 Å². The summed E-state index contributed by atoms with van der Waals surface area (Å²) >= 11 is 0. The molecule has 5 nitrogen and oxygen atoms in total. The lowest BCUT2D eigenvalue weighted by Gasteiger charge is -2.55. The molecule has 3 aliphatic heterocycles. The molecule has 1 aliphatic carbocycles. The average Bonchev–Trinajstić information content (AvgIpc) is 2.58. The predicted octanol–water partition coefficient (Wildman–Crippen LogP) is 1.78. The van der Waals surface area contributed by atoms with Crippen molar-refractivity contribution in [2.75, 3.05) is 40.0 Å². The van der Waals surface area contributed by atoms with Gasteiger partial charge in [0, 0.05) is 38.3 Å². The molecule has 130 valence electrons. The molecule has 3 saturated heterocycles. The molecule has 3 heterocycles. The zero-order chi connectivity index (χ0) is 16.5. The minimum atomic E-state index is 0.0275. The molecule has 0 aromatic heterocycles. The van der Waals surface area contributed by atoms with E-state index in [1.807, 2.05) is 24.3 Å². The third kappa shape index (κ3) is 3.15. The van der Waals surface area contributed by atoms with Crippen molar-refractivity contribution in [3.63, 3.8) is 0 Å². The number of methoxy groups -OCH3 is 1. The van der Waals surface area contributed by atoms with Gasteiger partial charge in [0.05, 0.1) is 6.61 Å². The van der Waals surface area contributed by atoms with Crippen LogP contribution in [0.5, 0.6) is 5.75 Å². The van der Waals surface area contributed by atoms with Crippen LogP contribution in [0.4, 0.5) is 0 Å². The number of nitrogens with zero attached hydrogens (tertiary/aromatic N) is 1. The van der Waals surface area contributed by atoms with E-state index in [0.717, 1.165) is 24.8 Å². The molecular weight excluding hydrogens is 304 g/mol. The molecule has 4 bridgehead atoms. The fourth-order valence-corrected chi connectivity index (χ4v) is 4.85. The van der Waals surface area contributed by atoms with E-state index in [2.05, 4.69) is 10.2 Å². The van der Waals surface area contributed by atoms with Crippen molar-refractivity contribution in [2.45, 2.75) is 18.9 Å². The molecule has 1 aromatic rings. The summed E-state index contributed by atoms with van der Waals surface area (Å²) in [5.74, 6) is 2.85. The maximum Gasteiger partial charge on any atom is 0.251 e. The molecule has 1 N–H and O–H groups in total. The summed E-state index contributed by atoms with van der Waals surface area (Å²) in [6, 6.07) is 7.77. The van der Waals surface area contributed by atoms with Crippen LogP contribution in [-0.4, -0.2) is 56.8 Å². The van der Waals surface area contributed by atoms with Crippen molar-refractivity contribution in [3.8, 4) is 5.75 Å². The Kier molecular flexibility index (Phi) is 4.46. The molecule has 2 unspecified atom stereocenters. The number of carbonyl (C=O) groups excluding carboxylic acids is 1. The van der Waals surface area contributed by atoms with Crippen molar-refractivity contribution in [2.24, 2.45) is 17.8 Å². The lowest BCUT2D eigenvalue weighted by molar-refractivity contribution is -0.0418. The second-order valence-electron chi connectivity index (χ2n) is 7.44. The van der Waals surface area contributed by atoms with Crippen LogP contribution in [0.15, 0.2) is 24.3 Å². The summed E-state index contributed by atoms with van der Waals surface area (Å²) in [4.78, 5) is 15.3. The van der Waals surface area contributed by atoms with Gasteiger partial charge >= 0.3 is 0 Å². The smallest absolute Gasteiger partial charge is 0.251 e. The number of amides is 1. The van der Waals surface area contributed by atoms with E-state index >= 15 is 0 Å². The van der Waals surface area contributed by atoms with Crippen LogP contribution in [0.3, 0.4) is 0 Å². The minimum Gasteiger partial charge on any atom is -0.491 e. The molecule has 5 rings (SSSR count). The van der Waals surface area contributed by atoms with Crippen molar-refractivity contribution >= 4 is 5.91 Å². The molecular formula is C19H26N2O3. The Balaban J connectivity index is 1.40. The van der Waals surface area contributed by atoms with E-state index in [-0.39, 0.29) is 5.91 Å². The third-order valence-electron chi connectivity index (χ3n) is 5.74. The number of hydrogen-bond acceptors (Lipinski definition) is 4. The Hall–Kier alpha value is -1.59. The van der Waals surface area contributed by atoms with Crippen LogP contribution in [-0.2, 0) is 4.74 Å². The van der Waals surface area contributed by atoms with Crippen LogP contribution < -0.4 is 10.1 Å². The van der Waals surface area contributed by atoms with Gasteiger partial charge in [0.2, 0.25) is 0 Å². The maximum absolute atomic E-state index is 12.7. The topological polar surface area (TPSA) is 50.8 Å². The largest absolute Gasteiger partial charge is 0.491 e. The van der Waals surface area contributed by atoms with Crippen molar-refractivity contribution in [1.29, 1.82) is 0 Å². The van der Waals surface area contributed by atoms with Gasteiger partial charge in [-0.05, 0) is 48.8 Å². The quantitative estimate of drug-likeness (QED) is 0.808. The van der Waals surface area contributed by atoms with Gasteiger partial charge in [-0.15, -0.1) is 0 Å². The van der Waals surface area contributed by atoms with Crippen LogP contribution in [0.1, 0.15) is 23.2 Å². The first kappa shape index (κ1) is 15.9. The van der Waals surface area contributed by atoms with Crippen LogP contribution in [0.2, 0.25) is 0 Å². The lowest BCUT2D eigenvalue weighted by Crippen LogP contribution is -2.64. The van der Waals surface area contributed by atoms with E-state index in [4.69, 9.17) is 9.47 Å². The average molecular weight is 330 g/mol. The molecule has 2 atom stereocenters. The molecule has 1 saturated carbocycles. The number of benzene rings is 1. The predicted molar refractivity (Wildman–Crippen MR) is 91.2 cm³/mol. The summed E-state index contributed by atoms with van der Waals surface area (Å²) in [6.07, 6.45) is 2.55. The lowest BCUT2D eigenvalue weighted by atomic mass is 9.65. The fourth-order valence-electron chi connectivity index (χ4n) is 4.85. The first-order chi connectivity index (χ1) is 11.7. The first-order valence-corrected chi connectivity index (χ1v) is 8.98. The first-order valence-electron chi connectivity index (χ1n) is 8.98. The standard InChI is InChI=1S/C19H26N2O3/c1-23-5-6-24-17-4-2-3-14(9-17)19(22)20-18-15-7-13-8-16(18)12-21(10-13)11-15/h2-4,9,13,15-16,18H,5-8,10-12H2,1H3,(H,20,22). The van der Waals surface area contributed by atoms with Gasteiger partial charge in [-0.25, -0.2) is 0 Å². The Morgan fingerprint density at radius 1 is 1.21 bits per heavy atom. The molecule has 1 amide bonds. The summed E-state index contributed by atoms with van der Waals surface area (Å²) in [5.41, 5.74) is 0.680. The van der Waals surface area contributed by atoms with E-state index in [1.54, 1.807) is 7.11 Å². The highest BCUT2D eigenvalue weighted by molar-refractivity contribution is 5.94. The highest BCUT2D eigenvalue weighted by atomic mass is 16.5. The number of nitrogens with one attached hydrogen (secondary N) is 1. The Morgan fingerprint density at radius 3 is 2.71 bits per heavy atom. The highest BCUT2D eigenvalue weighted by Crippen LogP contribution is 2.43. The fraction of sp³-hybridized carbons (Fsp3) is 0.632. The third-order valence-corrected chi connectivity index (χ3v) is 5.74. The molecule has 1 aromatic carbocycles. The van der Waals surface area contributed by atoms with Gasteiger partial charge in [0.15, 0.2) is 0 Å². The zero-order valence-corrected chi connectivity index (χ0v) is 14.2. The van der Waals surface area contributed by atoms with E-state index in [0.29, 0.717) is 36.7 Å². The van der Waals surface area contributed by atoms with Gasteiger partial charge in [-0.2, -0.15) is 0 Å². The summed E-state index contributed by atoms with van der Waals surface area (Å²) < 4.78 is 10.6. The number of rotatable bonds is 6. The molecule has 4 aliphatic rings. The van der Waals surface area contributed by atoms with Gasteiger partial charge in [0.25, 0.3) is 5.91 Å². The number of piperidine rings is 3. The number of hydrogen-bond donors (Lipinski definition) is 1. The molecule has 24 heavy (non-hydrogen) atoms. The van der Waals surface area contributed by atoms with Crippen LogP contribution in [0.25, 0.3) is 0 Å². The zero-order valence-electron chi connectivity index (χ0n) is 14.2. The summed E-state index contributed by atoms with van der Waals surface area (Å²) in [6.45, 7) is 4.61. The monoisotopic (exact) mass is 330 g/mol. The minimum absolute atomic E-state index is 0.0275. The van der Waals surface area contributed by atoms with Crippen molar-refractivity contribution in [3.05, 3.63) is 29.8 Å². The highest BCUT2D eigenvalue weighted by Gasteiger charge is 2.47. The molecule has 5 heteroatoms. The van der Waals surface area contributed by atoms with Gasteiger partial charge < -0.3 is 19.7 Å². The number of carbonyl (C=O) groups is 1. The molecule has 0 spiro atoms. The Bertz CT molecular complexity index is 576. The summed E-state index contributed by atoms with van der Waals surface area (Å²) in [5, 5.41) is 3.33. The van der Waals surface area contributed by atoms with Gasteiger partial charge in [-0.3, -0.25) is 4.79 Å². The van der Waals surface area contributed by atoms with Gasteiger partial charge in [-0.1, -0.05) is 6.07 Å². The molecule has 0 radical (unpaired) electrons. The van der Waals surface area contributed by atoms with E-state index in [9.17, 15) is 4.79 Å². The van der Waals surface area contributed by atoms with Crippen molar-refractivity contribution < 1.29 is 14.3 Å². The second kappa shape index (κ2) is 6.73. The summed E-state index contributed by atoms with van der Waals surface area (Å²) in [7, 11) is 1.65. The maximum atomic E-state index is 12.7. The Labute approximate surface area is 143 Å². The van der Waals surface area contributed by atoms with Crippen LogP contribution >= 0.6 is 0 Å². The van der Waals surface area contributed by atoms with Gasteiger partial charge in [0.1, 0.15) is 12.4 Å². The SMILES string of the molecule is COCCOc1cccc(C(=O)NC2C3CC4CC2CN(C4)C3)c1. The normalized spacial score (nSPS) is 33.5. The second-order valence-corrected chi connectivity index (χ2v) is 7.44. The molecule has 4 fully saturated rings. The Morgan fingerprint density at radius 2 is 2.00 bits per heavy atom. The van der Waals surface area contributed by atoms with E-state index in [1.165, 1.54) is 19.4 Å². The van der Waals surface area contributed by atoms with Crippen LogP contribution in [0, 0.1) is 17.8 Å². The number of ether oxygens (including phenoxy) is 2. The van der Waals surface area contributed by atoms with E-state index < -0.39 is 0 Å².